The second-order valence-electron chi connectivity index (χ2n) is 6.74. The molecule has 0 saturated carbocycles. The summed E-state index contributed by atoms with van der Waals surface area (Å²) in [6.45, 7) is 0. The lowest BCUT2D eigenvalue weighted by Crippen LogP contribution is -2.62. The van der Waals surface area contributed by atoms with Crippen LogP contribution < -0.4 is 5.32 Å². The first-order valence-electron chi connectivity index (χ1n) is 8.94. The molecule has 0 saturated heterocycles. The average molecular weight is 654 g/mol. The molecule has 1 aromatic rings. The number of pyridine rings is 1. The summed E-state index contributed by atoms with van der Waals surface area (Å²) in [7, 11) is 0. The van der Waals surface area contributed by atoms with Crippen LogP contribution in [0.15, 0.2) is 24.5 Å². The molecular formula is C15H5F19N2O5. The number of ether oxygens (including phenoxy) is 4. The lowest BCUT2D eigenvalue weighted by molar-refractivity contribution is -0.579. The van der Waals surface area contributed by atoms with Crippen LogP contribution in [0, 0.1) is 0 Å². The van der Waals surface area contributed by atoms with E-state index in [2.05, 4.69) is 4.98 Å². The third kappa shape index (κ3) is 8.12. The average Bonchev–Trinajstić information content (AvgIpc) is 2.69. The van der Waals surface area contributed by atoms with Crippen LogP contribution in [-0.4, -0.2) is 65.9 Å². The molecule has 238 valence electrons. The van der Waals surface area contributed by atoms with Crippen molar-refractivity contribution < 1.29 is 107 Å². The number of nitrogens with zero attached hydrogens (tertiary/aromatic N) is 1. The highest BCUT2D eigenvalue weighted by Crippen LogP contribution is 2.52. The Bertz CT molecular complexity index is 1060. The molecule has 1 N–H and O–H groups in total. The molecular weight excluding hydrogens is 649 g/mol. The van der Waals surface area contributed by atoms with Crippen molar-refractivity contribution in [1.82, 2.24) is 4.98 Å². The third-order valence-electron chi connectivity index (χ3n) is 3.64. The molecule has 0 fully saturated rings. The third-order valence-corrected chi connectivity index (χ3v) is 3.64. The van der Waals surface area contributed by atoms with Gasteiger partial charge in [0.15, 0.2) is 0 Å². The number of aromatic nitrogens is 1. The van der Waals surface area contributed by atoms with E-state index >= 15 is 0 Å². The minimum absolute atomic E-state index is 0.534. The van der Waals surface area contributed by atoms with Gasteiger partial charge in [-0.05, 0) is 12.1 Å². The van der Waals surface area contributed by atoms with Crippen LogP contribution in [0.1, 0.15) is 0 Å². The van der Waals surface area contributed by atoms with E-state index in [1.165, 1.54) is 14.2 Å². The standard InChI is InChI=1S/C15H5F19N2O5/c16-7(8(17,18)19,6(37)36-5-1-3-35-4-2-5)38-9(20,21)10(22,23)39-11(24,25)12(26,27)40-13(28,29)14(30,31)41-15(32,33)34/h1-4H,(H,35,36,37)/t7-/m0/s1. The molecule has 0 aliphatic carbocycles. The summed E-state index contributed by atoms with van der Waals surface area (Å²) in [6, 6.07) is 1.07. The molecule has 41 heavy (non-hydrogen) atoms. The van der Waals surface area contributed by atoms with E-state index in [0.29, 0.717) is 24.5 Å². The van der Waals surface area contributed by atoms with Gasteiger partial charge in [-0.25, -0.2) is 14.2 Å². The molecule has 1 rings (SSSR count). The molecule has 1 atom stereocenters. The van der Waals surface area contributed by atoms with Crippen molar-refractivity contribution in [2.75, 3.05) is 5.32 Å². The molecule has 0 radical (unpaired) electrons. The molecule has 1 amide bonds. The zero-order valence-electron chi connectivity index (χ0n) is 18.0. The zero-order valence-corrected chi connectivity index (χ0v) is 18.0. The molecule has 0 aliphatic rings. The van der Waals surface area contributed by atoms with Gasteiger partial charge in [0, 0.05) is 18.1 Å². The summed E-state index contributed by atoms with van der Waals surface area (Å²) in [4.78, 5) is 14.8. The van der Waals surface area contributed by atoms with Crippen LogP contribution in [-0.2, 0) is 23.7 Å². The second-order valence-corrected chi connectivity index (χ2v) is 6.74. The molecule has 0 aliphatic heterocycles. The van der Waals surface area contributed by atoms with Gasteiger partial charge in [-0.15, -0.1) is 13.2 Å². The van der Waals surface area contributed by atoms with Gasteiger partial charge in [0.2, 0.25) is 0 Å². The van der Waals surface area contributed by atoms with Gasteiger partial charge in [-0.2, -0.15) is 70.2 Å². The van der Waals surface area contributed by atoms with Gasteiger partial charge in [0.1, 0.15) is 0 Å². The molecule has 0 aromatic carbocycles. The van der Waals surface area contributed by atoms with Crippen LogP contribution in [0.2, 0.25) is 0 Å². The van der Waals surface area contributed by atoms with Crippen LogP contribution in [0.5, 0.6) is 0 Å². The molecule has 0 spiro atoms. The number of nitrogens with one attached hydrogen (secondary N) is 1. The fraction of sp³-hybridized carbons (Fsp3) is 0.600. The number of amides is 1. The topological polar surface area (TPSA) is 78.9 Å². The van der Waals surface area contributed by atoms with Gasteiger partial charge in [-0.1, -0.05) is 0 Å². The van der Waals surface area contributed by atoms with Crippen LogP contribution in [0.4, 0.5) is 89.1 Å². The molecule has 7 nitrogen and oxygen atoms in total. The van der Waals surface area contributed by atoms with E-state index in [-0.39, 0.29) is 0 Å². The molecule has 26 heteroatoms. The van der Waals surface area contributed by atoms with Crippen molar-refractivity contribution in [1.29, 1.82) is 0 Å². The maximum Gasteiger partial charge on any atom is 0.527 e. The van der Waals surface area contributed by atoms with Crippen molar-refractivity contribution in [3.63, 3.8) is 0 Å². The molecule has 1 heterocycles. The lowest BCUT2D eigenvalue weighted by Gasteiger charge is -2.36. The van der Waals surface area contributed by atoms with Gasteiger partial charge in [-0.3, -0.25) is 14.5 Å². The Labute approximate surface area is 210 Å². The minimum atomic E-state index is -7.82. The van der Waals surface area contributed by atoms with E-state index in [1.54, 1.807) is 0 Å². The summed E-state index contributed by atoms with van der Waals surface area (Å²) in [5.74, 6) is -10.1. The van der Waals surface area contributed by atoms with Crippen molar-refractivity contribution in [3.8, 4) is 0 Å². The number of hydrogen-bond donors (Lipinski definition) is 1. The largest absolute Gasteiger partial charge is 0.527 e. The van der Waals surface area contributed by atoms with Crippen LogP contribution in [0.3, 0.4) is 0 Å². The maximum atomic E-state index is 14.3. The number of alkyl halides is 19. The second kappa shape index (κ2) is 10.8. The first-order valence-corrected chi connectivity index (χ1v) is 8.94. The van der Waals surface area contributed by atoms with E-state index in [1.807, 2.05) is 4.74 Å². The normalized spacial score (nSPS) is 16.4. The van der Waals surface area contributed by atoms with Gasteiger partial charge < -0.3 is 5.32 Å². The Morgan fingerprint density at radius 1 is 0.537 bits per heavy atom. The van der Waals surface area contributed by atoms with Gasteiger partial charge >= 0.3 is 55.0 Å². The number of carbonyl (C=O) groups is 1. The highest BCUT2D eigenvalue weighted by Gasteiger charge is 2.79. The number of rotatable bonds is 12. The van der Waals surface area contributed by atoms with Crippen molar-refractivity contribution in [2.24, 2.45) is 0 Å². The Morgan fingerprint density at radius 2 is 0.854 bits per heavy atom. The number of anilines is 1. The smallest absolute Gasteiger partial charge is 0.321 e. The van der Waals surface area contributed by atoms with Crippen molar-refractivity contribution >= 4 is 11.6 Å². The summed E-state index contributed by atoms with van der Waals surface area (Å²) >= 11 is 0. The summed E-state index contributed by atoms with van der Waals surface area (Å²) in [5.41, 5.74) is -0.929. The SMILES string of the molecule is O=C(Nc1ccncc1)[C@](F)(OC(F)(F)C(F)(F)OC(F)(F)C(F)(F)OC(F)(F)C(F)(F)OC(F)(F)F)C(F)(F)F. The molecule has 0 unspecified atom stereocenters. The van der Waals surface area contributed by atoms with Crippen molar-refractivity contribution in [2.45, 2.75) is 55.0 Å². The van der Waals surface area contributed by atoms with Gasteiger partial charge in [0.05, 0.1) is 0 Å². The first kappa shape index (κ1) is 36.2. The Kier molecular flexibility index (Phi) is 9.48. The quantitative estimate of drug-likeness (QED) is 0.264. The first-order chi connectivity index (χ1) is 17.8. The number of hydrogen-bond acceptors (Lipinski definition) is 6. The maximum absolute atomic E-state index is 14.3. The number of carbonyl (C=O) groups excluding carboxylic acids is 1. The minimum Gasteiger partial charge on any atom is -0.321 e. The highest BCUT2D eigenvalue weighted by atomic mass is 19.4. The van der Waals surface area contributed by atoms with E-state index < -0.39 is 66.6 Å². The predicted molar refractivity (Wildman–Crippen MR) is 82.8 cm³/mol. The monoisotopic (exact) mass is 654 g/mol. The molecule has 0 bridgehead atoms. The van der Waals surface area contributed by atoms with E-state index in [9.17, 15) is 88.2 Å². The number of halogens is 19. The highest BCUT2D eigenvalue weighted by molar-refractivity contribution is 5.96. The summed E-state index contributed by atoms with van der Waals surface area (Å²) in [6.07, 6.45) is -58.5. The molecule has 1 aromatic heterocycles. The fourth-order valence-electron chi connectivity index (χ4n) is 1.88. The van der Waals surface area contributed by atoms with Crippen LogP contribution >= 0.6 is 0 Å². The Morgan fingerprint density at radius 3 is 1.17 bits per heavy atom. The Hall–Kier alpha value is -2.87. The summed E-state index contributed by atoms with van der Waals surface area (Å²) < 4.78 is 254. The van der Waals surface area contributed by atoms with Gasteiger partial charge in [0.25, 0.3) is 5.91 Å². The lowest BCUT2D eigenvalue weighted by atomic mass is 10.2. The predicted octanol–water partition coefficient (Wildman–Crippen LogP) is 6.39. The van der Waals surface area contributed by atoms with Crippen molar-refractivity contribution in [3.05, 3.63) is 24.5 Å². The van der Waals surface area contributed by atoms with E-state index in [4.69, 9.17) is 0 Å². The van der Waals surface area contributed by atoms with E-state index in [0.717, 1.165) is 5.32 Å². The van der Waals surface area contributed by atoms with Crippen LogP contribution in [0.25, 0.3) is 0 Å². The summed E-state index contributed by atoms with van der Waals surface area (Å²) in [5, 5.41) is 0.839. The fourth-order valence-corrected chi connectivity index (χ4v) is 1.88. The zero-order chi connectivity index (χ0) is 32.7. The Balaban J connectivity index is 3.32.